The van der Waals surface area contributed by atoms with Gasteiger partial charge in [-0.15, -0.1) is 11.3 Å². The number of nitrogens with zero attached hydrogens (tertiary/aromatic N) is 1. The zero-order valence-corrected chi connectivity index (χ0v) is 10.7. The third kappa shape index (κ3) is 1.81. The predicted molar refractivity (Wildman–Crippen MR) is 66.2 cm³/mol. The topological polar surface area (TPSA) is 31.4 Å². The summed E-state index contributed by atoms with van der Waals surface area (Å²) in [5, 5.41) is 2.01. The van der Waals surface area contributed by atoms with E-state index in [9.17, 15) is 0 Å². The normalized spacial score (nSPS) is 13.8. The lowest BCUT2D eigenvalue weighted by Crippen LogP contribution is -2.15. The van der Waals surface area contributed by atoms with E-state index in [2.05, 4.69) is 20.9 Å². The Morgan fingerprint density at radius 3 is 2.75 bits per heavy atom. The summed E-state index contributed by atoms with van der Waals surface area (Å²) in [7, 11) is 0. The van der Waals surface area contributed by atoms with E-state index in [0.29, 0.717) is 13.2 Å². The van der Waals surface area contributed by atoms with Crippen molar-refractivity contribution in [1.29, 1.82) is 0 Å². The Morgan fingerprint density at radius 1 is 1.19 bits per heavy atom. The van der Waals surface area contributed by atoms with Gasteiger partial charge in [0.2, 0.25) is 0 Å². The number of rotatable bonds is 1. The van der Waals surface area contributed by atoms with Crippen molar-refractivity contribution >= 4 is 27.3 Å². The molecule has 0 spiro atoms. The van der Waals surface area contributed by atoms with Gasteiger partial charge in [-0.3, -0.25) is 0 Å². The van der Waals surface area contributed by atoms with E-state index in [1.807, 2.05) is 23.6 Å². The summed E-state index contributed by atoms with van der Waals surface area (Å²) < 4.78 is 11.9. The molecule has 0 atom stereocenters. The minimum Gasteiger partial charge on any atom is -0.486 e. The number of hydrogen-bond acceptors (Lipinski definition) is 4. The van der Waals surface area contributed by atoms with Crippen LogP contribution in [0.15, 0.2) is 27.5 Å². The van der Waals surface area contributed by atoms with Gasteiger partial charge in [0, 0.05) is 10.9 Å². The van der Waals surface area contributed by atoms with Crippen LogP contribution in [0.25, 0.3) is 11.3 Å². The van der Waals surface area contributed by atoms with Crippen molar-refractivity contribution in [2.24, 2.45) is 0 Å². The Labute approximate surface area is 105 Å². The van der Waals surface area contributed by atoms with E-state index in [4.69, 9.17) is 9.47 Å². The average molecular weight is 298 g/mol. The fourth-order valence-corrected chi connectivity index (χ4v) is 2.61. The molecule has 3 rings (SSSR count). The predicted octanol–water partition coefficient (Wildman–Crippen LogP) is 3.34. The molecule has 1 aromatic carbocycles. The molecule has 0 saturated heterocycles. The molecule has 0 radical (unpaired) electrons. The molecule has 2 heterocycles. The number of aromatic nitrogens is 1. The molecular formula is C11H8BrNO2S. The SMILES string of the molecule is Brc1nc(-c2ccc3c(c2)OCCO3)cs1. The molecule has 5 heteroatoms. The molecule has 82 valence electrons. The van der Waals surface area contributed by atoms with Crippen molar-refractivity contribution in [3.8, 4) is 22.8 Å². The smallest absolute Gasteiger partial charge is 0.162 e. The lowest BCUT2D eigenvalue weighted by atomic mass is 10.1. The van der Waals surface area contributed by atoms with Gasteiger partial charge in [-0.25, -0.2) is 4.98 Å². The van der Waals surface area contributed by atoms with Crippen molar-refractivity contribution in [2.75, 3.05) is 13.2 Å². The van der Waals surface area contributed by atoms with Crippen LogP contribution >= 0.6 is 27.3 Å². The number of hydrogen-bond donors (Lipinski definition) is 0. The van der Waals surface area contributed by atoms with Crippen LogP contribution in [-0.4, -0.2) is 18.2 Å². The number of ether oxygens (including phenoxy) is 2. The van der Waals surface area contributed by atoms with Gasteiger partial charge in [-0.2, -0.15) is 0 Å². The van der Waals surface area contributed by atoms with E-state index in [1.54, 1.807) is 11.3 Å². The lowest BCUT2D eigenvalue weighted by Gasteiger charge is -2.18. The zero-order valence-electron chi connectivity index (χ0n) is 8.27. The van der Waals surface area contributed by atoms with Crippen molar-refractivity contribution < 1.29 is 9.47 Å². The second kappa shape index (κ2) is 4.07. The van der Waals surface area contributed by atoms with Gasteiger partial charge in [0.25, 0.3) is 0 Å². The molecule has 1 aliphatic rings. The first-order chi connectivity index (χ1) is 7.83. The molecule has 1 aliphatic heterocycles. The third-order valence-electron chi connectivity index (χ3n) is 2.31. The maximum Gasteiger partial charge on any atom is 0.162 e. The molecule has 0 saturated carbocycles. The molecule has 3 nitrogen and oxygen atoms in total. The van der Waals surface area contributed by atoms with Crippen molar-refractivity contribution in [2.45, 2.75) is 0 Å². The van der Waals surface area contributed by atoms with Gasteiger partial charge in [-0.1, -0.05) is 0 Å². The molecule has 0 aliphatic carbocycles. The maximum absolute atomic E-state index is 5.53. The molecule has 0 bridgehead atoms. The van der Waals surface area contributed by atoms with Gasteiger partial charge < -0.3 is 9.47 Å². The largest absolute Gasteiger partial charge is 0.486 e. The number of benzene rings is 1. The van der Waals surface area contributed by atoms with Crippen molar-refractivity contribution in [1.82, 2.24) is 4.98 Å². The Kier molecular flexibility index (Phi) is 2.57. The zero-order chi connectivity index (χ0) is 11.0. The van der Waals surface area contributed by atoms with Crippen molar-refractivity contribution in [3.63, 3.8) is 0 Å². The van der Waals surface area contributed by atoms with Crippen molar-refractivity contribution in [3.05, 3.63) is 27.5 Å². The lowest BCUT2D eigenvalue weighted by molar-refractivity contribution is 0.171. The minimum absolute atomic E-state index is 0.608. The highest BCUT2D eigenvalue weighted by atomic mass is 79.9. The summed E-state index contributed by atoms with van der Waals surface area (Å²) in [5.41, 5.74) is 2.00. The molecule has 16 heavy (non-hydrogen) atoms. The fourth-order valence-electron chi connectivity index (χ4n) is 1.59. The first-order valence-electron chi connectivity index (χ1n) is 4.84. The maximum atomic E-state index is 5.53. The fraction of sp³-hybridized carbons (Fsp3) is 0.182. The molecule has 2 aromatic rings. The Morgan fingerprint density at radius 2 is 2.00 bits per heavy atom. The second-order valence-corrected chi connectivity index (χ2v) is 5.48. The molecular weight excluding hydrogens is 290 g/mol. The Bertz CT molecular complexity index is 526. The highest BCUT2D eigenvalue weighted by Crippen LogP contribution is 2.35. The first kappa shape index (κ1) is 10.1. The van der Waals surface area contributed by atoms with Gasteiger partial charge in [0.1, 0.15) is 13.2 Å². The summed E-state index contributed by atoms with van der Waals surface area (Å²) >= 11 is 4.93. The van der Waals surface area contributed by atoms with E-state index < -0.39 is 0 Å². The quantitative estimate of drug-likeness (QED) is 0.809. The van der Waals surface area contributed by atoms with Crippen LogP contribution in [0.3, 0.4) is 0 Å². The van der Waals surface area contributed by atoms with Crippen LogP contribution in [0.2, 0.25) is 0 Å². The van der Waals surface area contributed by atoms with Crippen LogP contribution in [0.4, 0.5) is 0 Å². The van der Waals surface area contributed by atoms with Gasteiger partial charge in [0.05, 0.1) is 5.69 Å². The Balaban J connectivity index is 2.02. The summed E-state index contributed by atoms with van der Waals surface area (Å²) in [5.74, 6) is 1.61. The first-order valence-corrected chi connectivity index (χ1v) is 6.51. The van der Waals surface area contributed by atoms with Crippen LogP contribution in [0.1, 0.15) is 0 Å². The molecule has 0 amide bonds. The summed E-state index contributed by atoms with van der Waals surface area (Å²) in [6.45, 7) is 1.23. The van der Waals surface area contributed by atoms with E-state index in [-0.39, 0.29) is 0 Å². The average Bonchev–Trinajstić information content (AvgIpc) is 2.75. The molecule has 0 fully saturated rings. The molecule has 1 aromatic heterocycles. The summed E-state index contributed by atoms with van der Waals surface area (Å²) in [4.78, 5) is 4.37. The second-order valence-electron chi connectivity index (χ2n) is 3.34. The number of fused-ring (bicyclic) bond motifs is 1. The van der Waals surface area contributed by atoms with Gasteiger partial charge >= 0.3 is 0 Å². The van der Waals surface area contributed by atoms with Crippen LogP contribution < -0.4 is 9.47 Å². The van der Waals surface area contributed by atoms with Crippen LogP contribution in [0.5, 0.6) is 11.5 Å². The summed E-state index contributed by atoms with van der Waals surface area (Å²) in [6.07, 6.45) is 0. The van der Waals surface area contributed by atoms with Gasteiger partial charge in [-0.05, 0) is 34.1 Å². The summed E-state index contributed by atoms with van der Waals surface area (Å²) in [6, 6.07) is 5.89. The van der Waals surface area contributed by atoms with Gasteiger partial charge in [0.15, 0.2) is 15.4 Å². The van der Waals surface area contributed by atoms with Crippen LogP contribution in [-0.2, 0) is 0 Å². The standard InChI is InChI=1S/C11H8BrNO2S/c12-11-13-8(6-16-11)7-1-2-9-10(5-7)15-4-3-14-9/h1-2,5-6H,3-4H2. The molecule has 0 N–H and O–H groups in total. The molecule has 0 unspecified atom stereocenters. The van der Waals surface area contributed by atoms with Crippen LogP contribution in [0, 0.1) is 0 Å². The Hall–Kier alpha value is -1.07. The number of thiazole rings is 1. The monoisotopic (exact) mass is 297 g/mol. The van der Waals surface area contributed by atoms with E-state index >= 15 is 0 Å². The third-order valence-corrected chi connectivity index (χ3v) is 3.68. The van der Waals surface area contributed by atoms with E-state index in [0.717, 1.165) is 26.7 Å². The number of halogens is 1. The highest BCUT2D eigenvalue weighted by Gasteiger charge is 2.13. The minimum atomic E-state index is 0.608. The van der Waals surface area contributed by atoms with E-state index in [1.165, 1.54) is 0 Å². The highest BCUT2D eigenvalue weighted by molar-refractivity contribution is 9.11.